The summed E-state index contributed by atoms with van der Waals surface area (Å²) in [4.78, 5) is 0. The fourth-order valence-corrected chi connectivity index (χ4v) is 12.2. The number of nitrogens with zero attached hydrogens (tertiary/aromatic N) is 1. The number of halogens is 1. The lowest BCUT2D eigenvalue weighted by molar-refractivity contribution is 0.291. The monoisotopic (exact) mass is 661 g/mol. The van der Waals surface area contributed by atoms with Gasteiger partial charge >= 0.3 is 0 Å². The van der Waals surface area contributed by atoms with Gasteiger partial charge in [-0.15, -0.1) is 0 Å². The Labute approximate surface area is 256 Å². The van der Waals surface area contributed by atoms with Crippen molar-refractivity contribution in [1.82, 2.24) is 4.57 Å². The molecular formula is C36H44INOSi. The third-order valence-electron chi connectivity index (χ3n) is 8.69. The third-order valence-corrected chi connectivity index (χ3v) is 14.7. The fourth-order valence-electron chi connectivity index (χ4n) is 6.75. The molecule has 1 fully saturated rings. The SMILES string of the molecule is CC(C)(C)[Si](OCCCc1c(I)cc(C2CCCCC2)n1Cc1ccccc1)(c1ccccc1)c1ccccc1. The van der Waals surface area contributed by atoms with Crippen LogP contribution in [0, 0.1) is 3.57 Å². The lowest BCUT2D eigenvalue weighted by atomic mass is 9.87. The first-order valence-corrected chi connectivity index (χ1v) is 18.1. The molecule has 0 N–H and O–H groups in total. The molecule has 210 valence electrons. The van der Waals surface area contributed by atoms with Crippen LogP contribution in [0.25, 0.3) is 0 Å². The summed E-state index contributed by atoms with van der Waals surface area (Å²) in [5.74, 6) is 0.688. The molecule has 0 amide bonds. The minimum absolute atomic E-state index is 0.00576. The maximum Gasteiger partial charge on any atom is 0.261 e. The van der Waals surface area contributed by atoms with Crippen molar-refractivity contribution in [1.29, 1.82) is 0 Å². The predicted octanol–water partition coefficient (Wildman–Crippen LogP) is 8.70. The molecule has 1 aliphatic rings. The summed E-state index contributed by atoms with van der Waals surface area (Å²) in [6, 6.07) is 35.5. The van der Waals surface area contributed by atoms with Crippen molar-refractivity contribution in [2.75, 3.05) is 6.61 Å². The molecule has 0 saturated heterocycles. The maximum atomic E-state index is 7.24. The van der Waals surface area contributed by atoms with E-state index in [1.54, 1.807) is 5.69 Å². The van der Waals surface area contributed by atoms with E-state index in [9.17, 15) is 0 Å². The van der Waals surface area contributed by atoms with Crippen LogP contribution in [0.15, 0.2) is 97.1 Å². The molecule has 1 heterocycles. The van der Waals surface area contributed by atoms with Gasteiger partial charge in [-0.3, -0.25) is 0 Å². The van der Waals surface area contributed by atoms with Gasteiger partial charge in [0.25, 0.3) is 8.32 Å². The van der Waals surface area contributed by atoms with Crippen LogP contribution in [0.2, 0.25) is 5.04 Å². The van der Waals surface area contributed by atoms with E-state index in [1.807, 2.05) is 0 Å². The van der Waals surface area contributed by atoms with Crippen LogP contribution in [-0.4, -0.2) is 19.5 Å². The molecule has 4 aromatic rings. The normalized spacial score (nSPS) is 14.9. The van der Waals surface area contributed by atoms with Crippen molar-refractivity contribution in [3.8, 4) is 0 Å². The summed E-state index contributed by atoms with van der Waals surface area (Å²) in [5, 5.41) is 2.72. The van der Waals surface area contributed by atoms with E-state index >= 15 is 0 Å². The molecule has 0 spiro atoms. The third kappa shape index (κ3) is 6.34. The quantitative estimate of drug-likeness (QED) is 0.0943. The lowest BCUT2D eigenvalue weighted by Crippen LogP contribution is -2.66. The molecular weight excluding hydrogens is 617 g/mol. The molecule has 1 aliphatic carbocycles. The highest BCUT2D eigenvalue weighted by atomic mass is 127. The smallest absolute Gasteiger partial charge is 0.261 e. The average Bonchev–Trinajstić information content (AvgIpc) is 3.28. The molecule has 0 unspecified atom stereocenters. The molecule has 0 radical (unpaired) electrons. The number of benzene rings is 3. The number of hydrogen-bond donors (Lipinski definition) is 0. The van der Waals surface area contributed by atoms with E-state index in [-0.39, 0.29) is 5.04 Å². The first-order chi connectivity index (χ1) is 19.4. The van der Waals surface area contributed by atoms with Crippen LogP contribution >= 0.6 is 22.6 Å². The molecule has 2 nitrogen and oxygen atoms in total. The summed E-state index contributed by atoms with van der Waals surface area (Å²) >= 11 is 2.59. The van der Waals surface area contributed by atoms with Gasteiger partial charge in [0.05, 0.1) is 0 Å². The van der Waals surface area contributed by atoms with Crippen molar-refractivity contribution in [3.63, 3.8) is 0 Å². The molecule has 40 heavy (non-hydrogen) atoms. The molecule has 4 heteroatoms. The van der Waals surface area contributed by atoms with E-state index in [2.05, 4.69) is 145 Å². The summed E-state index contributed by atoms with van der Waals surface area (Å²) in [7, 11) is -2.51. The molecule has 5 rings (SSSR count). The van der Waals surface area contributed by atoms with Gasteiger partial charge in [-0.05, 0) is 81.2 Å². The number of rotatable bonds is 10. The van der Waals surface area contributed by atoms with Crippen molar-refractivity contribution in [2.45, 2.75) is 83.2 Å². The van der Waals surface area contributed by atoms with E-state index in [0.29, 0.717) is 5.92 Å². The van der Waals surface area contributed by atoms with Crippen molar-refractivity contribution >= 4 is 41.3 Å². The summed E-state index contributed by atoms with van der Waals surface area (Å²) in [6.45, 7) is 8.82. The van der Waals surface area contributed by atoms with Crippen LogP contribution in [-0.2, 0) is 17.4 Å². The van der Waals surface area contributed by atoms with Crippen LogP contribution in [0.4, 0.5) is 0 Å². The summed E-state index contributed by atoms with van der Waals surface area (Å²) in [6.07, 6.45) is 8.81. The molecule has 3 aromatic carbocycles. The van der Waals surface area contributed by atoms with Crippen molar-refractivity contribution in [3.05, 3.63) is 118 Å². The van der Waals surface area contributed by atoms with Gasteiger partial charge in [0.1, 0.15) is 0 Å². The lowest BCUT2D eigenvalue weighted by Gasteiger charge is -2.43. The Morgan fingerprint density at radius 3 is 1.90 bits per heavy atom. The second-order valence-corrected chi connectivity index (χ2v) is 17.9. The Morgan fingerprint density at radius 2 is 1.35 bits per heavy atom. The second-order valence-electron chi connectivity index (χ2n) is 12.4. The Hall–Kier alpha value is -2.15. The molecule has 0 bridgehead atoms. The van der Waals surface area contributed by atoms with E-state index < -0.39 is 8.32 Å². The zero-order chi connectivity index (χ0) is 28.0. The van der Waals surface area contributed by atoms with Gasteiger partial charge in [0.15, 0.2) is 0 Å². The molecule has 1 aromatic heterocycles. The van der Waals surface area contributed by atoms with Crippen LogP contribution in [0.5, 0.6) is 0 Å². The van der Waals surface area contributed by atoms with Gasteiger partial charge < -0.3 is 8.99 Å². The topological polar surface area (TPSA) is 14.2 Å². The summed E-state index contributed by atoms with van der Waals surface area (Å²) < 4.78 is 11.3. The molecule has 0 atom stereocenters. The fraction of sp³-hybridized carbons (Fsp3) is 0.389. The zero-order valence-corrected chi connectivity index (χ0v) is 27.6. The largest absolute Gasteiger partial charge is 0.407 e. The first-order valence-electron chi connectivity index (χ1n) is 15.1. The standard InChI is InChI=1S/C36H44INOSi/c1-36(2,3)40(31-21-12-6-13-22-31,32-23-14-7-15-24-32)39-26-16-25-34-33(37)27-35(30-19-10-5-11-20-30)38(34)28-29-17-8-4-9-18-29/h4,6-9,12-15,17-18,21-24,27,30H,5,10-11,16,19-20,25-26,28H2,1-3H3. The molecule has 1 saturated carbocycles. The van der Waals surface area contributed by atoms with E-state index in [4.69, 9.17) is 4.43 Å². The van der Waals surface area contributed by atoms with Gasteiger partial charge in [0.2, 0.25) is 0 Å². The maximum absolute atomic E-state index is 7.24. The highest BCUT2D eigenvalue weighted by Gasteiger charge is 2.49. The number of hydrogen-bond acceptors (Lipinski definition) is 1. The Morgan fingerprint density at radius 1 is 0.800 bits per heavy atom. The van der Waals surface area contributed by atoms with Crippen LogP contribution < -0.4 is 10.4 Å². The highest BCUT2D eigenvalue weighted by Crippen LogP contribution is 2.38. The van der Waals surface area contributed by atoms with E-state index in [1.165, 1.54) is 57.3 Å². The second kappa shape index (κ2) is 13.2. The minimum Gasteiger partial charge on any atom is -0.407 e. The molecule has 0 aliphatic heterocycles. The van der Waals surface area contributed by atoms with Gasteiger partial charge in [-0.1, -0.05) is 131 Å². The van der Waals surface area contributed by atoms with Gasteiger partial charge in [-0.2, -0.15) is 0 Å². The Kier molecular flexibility index (Phi) is 9.70. The first kappa shape index (κ1) is 29.3. The van der Waals surface area contributed by atoms with Gasteiger partial charge in [-0.25, -0.2) is 0 Å². The zero-order valence-electron chi connectivity index (χ0n) is 24.4. The van der Waals surface area contributed by atoms with Crippen LogP contribution in [0.1, 0.15) is 82.2 Å². The predicted molar refractivity (Wildman–Crippen MR) is 180 cm³/mol. The highest BCUT2D eigenvalue weighted by molar-refractivity contribution is 14.1. The van der Waals surface area contributed by atoms with Crippen molar-refractivity contribution in [2.24, 2.45) is 0 Å². The van der Waals surface area contributed by atoms with Gasteiger partial charge in [0, 0.05) is 28.1 Å². The van der Waals surface area contributed by atoms with Crippen LogP contribution in [0.3, 0.4) is 0 Å². The Bertz CT molecular complexity index is 1300. The number of aromatic nitrogens is 1. The van der Waals surface area contributed by atoms with Crippen molar-refractivity contribution < 1.29 is 4.43 Å². The average molecular weight is 662 g/mol. The summed E-state index contributed by atoms with van der Waals surface area (Å²) in [5.41, 5.74) is 4.42. The van der Waals surface area contributed by atoms with E-state index in [0.717, 1.165) is 26.0 Å². The minimum atomic E-state index is -2.51. The Balaban J connectivity index is 1.41.